The van der Waals surface area contributed by atoms with E-state index in [0.717, 1.165) is 16.7 Å². The molecule has 0 N–H and O–H groups in total. The van der Waals surface area contributed by atoms with Crippen molar-refractivity contribution < 1.29 is 19.1 Å². The summed E-state index contributed by atoms with van der Waals surface area (Å²) in [5, 5.41) is 11.9. The Balaban J connectivity index is 2.03. The van der Waals surface area contributed by atoms with E-state index in [1.165, 1.54) is 6.07 Å². The van der Waals surface area contributed by atoms with Gasteiger partial charge in [-0.3, -0.25) is 10.1 Å². The van der Waals surface area contributed by atoms with Crippen molar-refractivity contribution in [2.75, 3.05) is 14.2 Å². The van der Waals surface area contributed by atoms with Crippen LogP contribution in [0.15, 0.2) is 109 Å². The maximum Gasteiger partial charge on any atom is 0.280 e. The zero-order chi connectivity index (χ0) is 26.3. The van der Waals surface area contributed by atoms with Crippen LogP contribution in [0.2, 0.25) is 0 Å². The second-order valence-electron chi connectivity index (χ2n) is 8.36. The van der Waals surface area contributed by atoms with Gasteiger partial charge in [0.2, 0.25) is 0 Å². The Kier molecular flexibility index (Phi) is 7.89. The van der Waals surface area contributed by atoms with Crippen molar-refractivity contribution >= 4 is 11.4 Å². The van der Waals surface area contributed by atoms with Crippen molar-refractivity contribution in [1.82, 2.24) is 0 Å². The Morgan fingerprint density at radius 1 is 0.757 bits per heavy atom. The fourth-order valence-electron chi connectivity index (χ4n) is 4.40. The summed E-state index contributed by atoms with van der Waals surface area (Å²) in [6.45, 7) is 1.98. The molecule has 0 spiro atoms. The predicted molar refractivity (Wildman–Crippen MR) is 145 cm³/mol. The number of hydrogen-bond acceptors (Lipinski definition) is 5. The van der Waals surface area contributed by atoms with Crippen molar-refractivity contribution in [3.8, 4) is 11.5 Å². The second kappa shape index (κ2) is 11.4. The molecule has 4 aromatic carbocycles. The lowest BCUT2D eigenvalue weighted by molar-refractivity contribution is -0.385. The van der Waals surface area contributed by atoms with Crippen LogP contribution >= 0.6 is 0 Å². The smallest absolute Gasteiger partial charge is 0.280 e. The Morgan fingerprint density at radius 2 is 1.24 bits per heavy atom. The highest BCUT2D eigenvalue weighted by Crippen LogP contribution is 2.45. The molecule has 37 heavy (non-hydrogen) atoms. The van der Waals surface area contributed by atoms with E-state index in [4.69, 9.17) is 14.2 Å². The molecule has 0 bridgehead atoms. The predicted octanol–water partition coefficient (Wildman–Crippen LogP) is 7.37. The average Bonchev–Trinajstić information content (AvgIpc) is 2.96. The molecule has 4 rings (SSSR count). The molecule has 0 aromatic heterocycles. The van der Waals surface area contributed by atoms with Gasteiger partial charge >= 0.3 is 0 Å². The van der Waals surface area contributed by atoms with Gasteiger partial charge in [-0.1, -0.05) is 73.7 Å². The molecule has 0 atom stereocenters. The summed E-state index contributed by atoms with van der Waals surface area (Å²) in [5.41, 5.74) is 1.80. The third-order valence-corrected chi connectivity index (χ3v) is 6.19. The van der Waals surface area contributed by atoms with E-state index < -0.39 is 5.60 Å². The first-order valence-electron chi connectivity index (χ1n) is 12.0. The molecule has 188 valence electrons. The fourth-order valence-corrected chi connectivity index (χ4v) is 4.40. The first-order chi connectivity index (χ1) is 18.0. The number of rotatable bonds is 10. The zero-order valence-corrected chi connectivity index (χ0v) is 21.1. The number of ether oxygens (including phenoxy) is 3. The second-order valence-corrected chi connectivity index (χ2v) is 8.36. The van der Waals surface area contributed by atoms with Crippen LogP contribution < -0.4 is 9.47 Å². The highest BCUT2D eigenvalue weighted by Gasteiger charge is 2.40. The number of para-hydroxylation sites is 1. The third-order valence-electron chi connectivity index (χ3n) is 6.19. The van der Waals surface area contributed by atoms with Crippen LogP contribution in [0.5, 0.6) is 11.5 Å². The molecule has 0 radical (unpaired) electrons. The highest BCUT2D eigenvalue weighted by atomic mass is 16.6. The van der Waals surface area contributed by atoms with E-state index in [0.29, 0.717) is 29.2 Å². The Morgan fingerprint density at radius 3 is 1.73 bits per heavy atom. The summed E-state index contributed by atoms with van der Waals surface area (Å²) in [7, 11) is 3.24. The van der Waals surface area contributed by atoms with Crippen molar-refractivity contribution in [1.29, 1.82) is 0 Å². The number of nitro groups is 1. The third kappa shape index (κ3) is 5.19. The molecule has 0 saturated carbocycles. The number of hydrogen-bond donors (Lipinski definition) is 0. The van der Waals surface area contributed by atoms with Gasteiger partial charge in [0.25, 0.3) is 5.69 Å². The van der Waals surface area contributed by atoms with Crippen LogP contribution in [0, 0.1) is 10.1 Å². The first-order valence-corrected chi connectivity index (χ1v) is 12.0. The van der Waals surface area contributed by atoms with E-state index in [2.05, 4.69) is 0 Å². The van der Waals surface area contributed by atoms with E-state index in [-0.39, 0.29) is 10.6 Å². The largest absolute Gasteiger partial charge is 0.497 e. The molecule has 0 aliphatic rings. The minimum absolute atomic E-state index is 0.0198. The molecule has 6 nitrogen and oxygen atoms in total. The monoisotopic (exact) mass is 495 g/mol. The van der Waals surface area contributed by atoms with Crippen molar-refractivity contribution in [3.63, 3.8) is 0 Å². The number of benzene rings is 4. The van der Waals surface area contributed by atoms with Gasteiger partial charge in [0.05, 0.1) is 24.7 Å². The van der Waals surface area contributed by atoms with Crippen LogP contribution in [0.25, 0.3) is 5.76 Å². The first kappa shape index (κ1) is 25.5. The molecule has 0 amide bonds. The van der Waals surface area contributed by atoms with Crippen molar-refractivity contribution in [2.45, 2.75) is 18.9 Å². The zero-order valence-electron chi connectivity index (χ0n) is 21.1. The van der Waals surface area contributed by atoms with Gasteiger partial charge in [-0.2, -0.15) is 0 Å². The Labute approximate surface area is 216 Å². The normalized spacial score (nSPS) is 11.6. The lowest BCUT2D eigenvalue weighted by Crippen LogP contribution is -2.32. The number of nitro benzene ring substituents is 1. The van der Waals surface area contributed by atoms with Crippen LogP contribution in [0.3, 0.4) is 0 Å². The SMILES string of the molecule is CCC=C(OC(c1ccccc1)(c1ccc(OC)cc1)c1ccc(OC)cc1)c1ccccc1[N+](=O)[O-]. The Bertz CT molecular complexity index is 1320. The van der Waals surface area contributed by atoms with Gasteiger partial charge in [-0.15, -0.1) is 0 Å². The number of methoxy groups -OCH3 is 2. The molecule has 0 fully saturated rings. The quantitative estimate of drug-likeness (QED) is 0.0994. The number of allylic oxidation sites excluding steroid dienone is 1. The maximum absolute atomic E-state index is 11.9. The van der Waals surface area contributed by atoms with E-state index in [1.807, 2.05) is 91.9 Å². The minimum atomic E-state index is -1.13. The summed E-state index contributed by atoms with van der Waals surface area (Å²) < 4.78 is 17.9. The summed E-state index contributed by atoms with van der Waals surface area (Å²) in [4.78, 5) is 11.6. The van der Waals surface area contributed by atoms with E-state index >= 15 is 0 Å². The molecule has 6 heteroatoms. The minimum Gasteiger partial charge on any atom is -0.497 e. The van der Waals surface area contributed by atoms with Crippen LogP contribution in [-0.4, -0.2) is 19.1 Å². The van der Waals surface area contributed by atoms with E-state index in [1.54, 1.807) is 32.4 Å². The summed E-state index contributed by atoms with van der Waals surface area (Å²) >= 11 is 0. The maximum atomic E-state index is 11.9. The molecule has 0 aliphatic heterocycles. The van der Waals surface area contributed by atoms with Gasteiger partial charge < -0.3 is 14.2 Å². The lowest BCUT2D eigenvalue weighted by Gasteiger charge is -2.37. The molecule has 0 unspecified atom stereocenters. The topological polar surface area (TPSA) is 70.8 Å². The molecular weight excluding hydrogens is 466 g/mol. The summed E-state index contributed by atoms with van der Waals surface area (Å²) in [5.74, 6) is 1.84. The van der Waals surface area contributed by atoms with Crippen molar-refractivity contribution in [2.24, 2.45) is 0 Å². The Hall–Kier alpha value is -4.58. The van der Waals surface area contributed by atoms with Gasteiger partial charge in [-0.25, -0.2) is 0 Å². The molecule has 4 aromatic rings. The number of nitrogens with zero attached hydrogens (tertiary/aromatic N) is 1. The van der Waals surface area contributed by atoms with Gasteiger partial charge in [-0.05, 0) is 42.8 Å². The highest BCUT2D eigenvalue weighted by molar-refractivity contribution is 5.70. The van der Waals surface area contributed by atoms with E-state index in [9.17, 15) is 10.1 Å². The molecule has 0 saturated heterocycles. The van der Waals surface area contributed by atoms with Gasteiger partial charge in [0.1, 0.15) is 17.3 Å². The lowest BCUT2D eigenvalue weighted by atomic mass is 9.79. The molecule has 0 heterocycles. The van der Waals surface area contributed by atoms with Gasteiger partial charge in [0, 0.05) is 22.8 Å². The van der Waals surface area contributed by atoms with Gasteiger partial charge in [0.15, 0.2) is 5.60 Å². The molecule has 0 aliphatic carbocycles. The van der Waals surface area contributed by atoms with Crippen LogP contribution in [-0.2, 0) is 10.3 Å². The van der Waals surface area contributed by atoms with Crippen LogP contribution in [0.1, 0.15) is 35.6 Å². The fraction of sp³-hybridized carbons (Fsp3) is 0.161. The summed E-state index contributed by atoms with van der Waals surface area (Å²) in [6.07, 6.45) is 2.50. The summed E-state index contributed by atoms with van der Waals surface area (Å²) in [6, 6.07) is 31.9. The average molecular weight is 496 g/mol. The standard InChI is InChI=1S/C31H29NO5/c1-4-10-30(28-13-8-9-14-29(28)32(33)34)37-31(23-11-6-5-7-12-23,24-15-19-26(35-2)20-16-24)25-17-21-27(36-3)22-18-25/h5-22H,4H2,1-3H3. The van der Waals surface area contributed by atoms with Crippen molar-refractivity contribution in [3.05, 3.63) is 142 Å². The van der Waals surface area contributed by atoms with Crippen LogP contribution in [0.4, 0.5) is 5.69 Å². The molecular formula is C31H29NO5.